The van der Waals surface area contributed by atoms with Gasteiger partial charge in [0.2, 0.25) is 5.91 Å². The van der Waals surface area contributed by atoms with E-state index in [1.807, 2.05) is 6.20 Å². The van der Waals surface area contributed by atoms with Gasteiger partial charge in [-0.3, -0.25) is 9.59 Å². The minimum absolute atomic E-state index is 0.00550. The van der Waals surface area contributed by atoms with Gasteiger partial charge in [-0.1, -0.05) is 0 Å². The molecular formula is C14H15N7O2. The van der Waals surface area contributed by atoms with E-state index in [9.17, 15) is 9.59 Å². The van der Waals surface area contributed by atoms with Crippen LogP contribution in [0.3, 0.4) is 0 Å². The van der Waals surface area contributed by atoms with Crippen molar-refractivity contribution in [1.29, 1.82) is 0 Å². The molecule has 118 valence electrons. The third-order valence-electron chi connectivity index (χ3n) is 4.13. The topological polar surface area (TPSA) is 110 Å². The van der Waals surface area contributed by atoms with E-state index in [0.29, 0.717) is 17.1 Å². The van der Waals surface area contributed by atoms with E-state index >= 15 is 0 Å². The van der Waals surface area contributed by atoms with Crippen LogP contribution in [-0.2, 0) is 11.3 Å². The van der Waals surface area contributed by atoms with Gasteiger partial charge < -0.3 is 14.9 Å². The van der Waals surface area contributed by atoms with Crippen LogP contribution in [0, 0.1) is 0 Å². The summed E-state index contributed by atoms with van der Waals surface area (Å²) in [4.78, 5) is 34.8. The highest BCUT2D eigenvalue weighted by Crippen LogP contribution is 2.32. The average molecular weight is 313 g/mol. The standard InChI is InChI=1S/C14H15N7O2/c1-8-4-10(13-15-2-3-20(8)13)19-11(22)6-21-12-9(5-18-21)14(23)17-7-16-12/h2-3,5,7-8,10H,4,6H2,1H3,(H,19,22)(H,16,17,23). The van der Waals surface area contributed by atoms with Gasteiger partial charge in [0.05, 0.1) is 18.6 Å². The van der Waals surface area contributed by atoms with Crippen molar-refractivity contribution in [3.63, 3.8) is 0 Å². The first kappa shape index (κ1) is 13.7. The first-order chi connectivity index (χ1) is 11.1. The summed E-state index contributed by atoms with van der Waals surface area (Å²) < 4.78 is 3.49. The van der Waals surface area contributed by atoms with Crippen LogP contribution in [-0.4, -0.2) is 35.2 Å². The van der Waals surface area contributed by atoms with Crippen molar-refractivity contribution in [1.82, 2.24) is 34.6 Å². The van der Waals surface area contributed by atoms with Gasteiger partial charge in [0.1, 0.15) is 17.8 Å². The summed E-state index contributed by atoms with van der Waals surface area (Å²) in [5.41, 5.74) is 0.124. The third-order valence-corrected chi connectivity index (χ3v) is 4.13. The number of nitrogens with one attached hydrogen (secondary N) is 2. The maximum absolute atomic E-state index is 12.3. The first-order valence-corrected chi connectivity index (χ1v) is 7.35. The monoisotopic (exact) mass is 313 g/mol. The number of aromatic nitrogens is 6. The zero-order valence-electron chi connectivity index (χ0n) is 12.4. The molecule has 0 spiro atoms. The highest BCUT2D eigenvalue weighted by molar-refractivity contribution is 5.79. The number of rotatable bonds is 3. The zero-order chi connectivity index (χ0) is 16.0. The number of H-pyrrole nitrogens is 1. The number of fused-ring (bicyclic) bond motifs is 2. The van der Waals surface area contributed by atoms with Crippen LogP contribution < -0.4 is 10.9 Å². The molecular weight excluding hydrogens is 298 g/mol. The number of nitrogens with zero attached hydrogens (tertiary/aromatic N) is 5. The largest absolute Gasteiger partial charge is 0.344 e. The molecule has 0 saturated carbocycles. The number of carbonyl (C=O) groups is 1. The lowest BCUT2D eigenvalue weighted by Gasteiger charge is -2.11. The van der Waals surface area contributed by atoms with Gasteiger partial charge in [-0.15, -0.1) is 0 Å². The molecule has 0 bridgehead atoms. The molecule has 0 aromatic carbocycles. The Bertz CT molecular complexity index is 938. The molecule has 2 unspecified atom stereocenters. The van der Waals surface area contributed by atoms with Crippen LogP contribution in [0.25, 0.3) is 11.0 Å². The Hall–Kier alpha value is -2.97. The maximum atomic E-state index is 12.3. The highest BCUT2D eigenvalue weighted by atomic mass is 16.2. The number of aromatic amines is 1. The van der Waals surface area contributed by atoms with Crippen molar-refractivity contribution in [2.75, 3.05) is 0 Å². The Kier molecular flexibility index (Phi) is 3.00. The van der Waals surface area contributed by atoms with Crippen LogP contribution in [0.4, 0.5) is 0 Å². The van der Waals surface area contributed by atoms with Crippen LogP contribution in [0.1, 0.15) is 31.3 Å². The van der Waals surface area contributed by atoms with Gasteiger partial charge >= 0.3 is 0 Å². The normalized spacial score (nSPS) is 19.9. The van der Waals surface area contributed by atoms with Crippen LogP contribution in [0.15, 0.2) is 29.7 Å². The molecule has 0 radical (unpaired) electrons. The molecule has 2 N–H and O–H groups in total. The fourth-order valence-electron chi connectivity index (χ4n) is 3.05. The molecule has 23 heavy (non-hydrogen) atoms. The smallest absolute Gasteiger partial charge is 0.261 e. The van der Waals surface area contributed by atoms with E-state index in [2.05, 4.69) is 36.9 Å². The van der Waals surface area contributed by atoms with Crippen molar-refractivity contribution in [3.05, 3.63) is 41.1 Å². The van der Waals surface area contributed by atoms with Gasteiger partial charge in [0.25, 0.3) is 5.56 Å². The van der Waals surface area contributed by atoms with E-state index in [0.717, 1.165) is 12.2 Å². The van der Waals surface area contributed by atoms with E-state index < -0.39 is 0 Å². The lowest BCUT2D eigenvalue weighted by atomic mass is 10.1. The predicted octanol–water partition coefficient (Wildman–Crippen LogP) is 0.138. The Balaban J connectivity index is 1.53. The molecule has 1 aliphatic heterocycles. The van der Waals surface area contributed by atoms with E-state index in [1.165, 1.54) is 17.2 Å². The maximum Gasteiger partial charge on any atom is 0.261 e. The second-order valence-electron chi connectivity index (χ2n) is 5.67. The summed E-state index contributed by atoms with van der Waals surface area (Å²) >= 11 is 0. The highest BCUT2D eigenvalue weighted by Gasteiger charge is 2.30. The molecule has 4 heterocycles. The number of hydrogen-bond acceptors (Lipinski definition) is 5. The van der Waals surface area contributed by atoms with Gasteiger partial charge in [0, 0.05) is 18.4 Å². The third kappa shape index (κ3) is 2.20. The summed E-state index contributed by atoms with van der Waals surface area (Å²) in [7, 11) is 0. The molecule has 1 amide bonds. The summed E-state index contributed by atoms with van der Waals surface area (Å²) in [5.74, 6) is 0.677. The number of hydrogen-bond donors (Lipinski definition) is 2. The van der Waals surface area contributed by atoms with Crippen molar-refractivity contribution in [2.45, 2.75) is 32.0 Å². The van der Waals surface area contributed by atoms with Crippen molar-refractivity contribution >= 4 is 16.9 Å². The molecule has 0 saturated heterocycles. The number of amides is 1. The van der Waals surface area contributed by atoms with Crippen molar-refractivity contribution in [3.8, 4) is 0 Å². The quantitative estimate of drug-likeness (QED) is 0.714. The summed E-state index contributed by atoms with van der Waals surface area (Å²) in [6.07, 6.45) is 7.19. The number of carbonyl (C=O) groups excluding carboxylic acids is 1. The second kappa shape index (κ2) is 5.04. The predicted molar refractivity (Wildman–Crippen MR) is 80.6 cm³/mol. The van der Waals surface area contributed by atoms with Gasteiger partial charge in [0.15, 0.2) is 5.65 Å². The first-order valence-electron chi connectivity index (χ1n) is 7.35. The fourth-order valence-corrected chi connectivity index (χ4v) is 3.05. The molecule has 9 heteroatoms. The molecule has 9 nitrogen and oxygen atoms in total. The number of imidazole rings is 1. The molecule has 2 atom stereocenters. The molecule has 0 fully saturated rings. The summed E-state index contributed by atoms with van der Waals surface area (Å²) in [6.45, 7) is 2.10. The Morgan fingerprint density at radius 3 is 3.22 bits per heavy atom. The second-order valence-corrected chi connectivity index (χ2v) is 5.67. The van der Waals surface area contributed by atoms with Crippen LogP contribution in [0.5, 0.6) is 0 Å². The van der Waals surface area contributed by atoms with E-state index in [-0.39, 0.29) is 24.1 Å². The summed E-state index contributed by atoms with van der Waals surface area (Å²) in [5, 5.41) is 7.41. The van der Waals surface area contributed by atoms with Gasteiger partial charge in [-0.25, -0.2) is 14.6 Å². The Morgan fingerprint density at radius 2 is 2.35 bits per heavy atom. The van der Waals surface area contributed by atoms with Crippen molar-refractivity contribution in [2.24, 2.45) is 0 Å². The Morgan fingerprint density at radius 1 is 1.48 bits per heavy atom. The molecule has 1 aliphatic rings. The van der Waals surface area contributed by atoms with Crippen molar-refractivity contribution < 1.29 is 4.79 Å². The lowest BCUT2D eigenvalue weighted by Crippen LogP contribution is -2.31. The average Bonchev–Trinajstić information content (AvgIpc) is 3.19. The molecule has 0 aliphatic carbocycles. The Labute approximate surface area is 130 Å². The SMILES string of the molecule is CC1CC(NC(=O)Cn2ncc3c(=O)[nH]cnc32)c2nccn21. The van der Waals surface area contributed by atoms with Gasteiger partial charge in [-0.2, -0.15) is 5.10 Å². The summed E-state index contributed by atoms with van der Waals surface area (Å²) in [6, 6.07) is 0.203. The molecule has 4 rings (SSSR count). The minimum atomic E-state index is -0.270. The van der Waals surface area contributed by atoms with Gasteiger partial charge in [-0.05, 0) is 13.3 Å². The van der Waals surface area contributed by atoms with Crippen LogP contribution >= 0.6 is 0 Å². The van der Waals surface area contributed by atoms with E-state index in [1.54, 1.807) is 6.20 Å². The zero-order valence-corrected chi connectivity index (χ0v) is 12.4. The molecule has 3 aromatic rings. The van der Waals surface area contributed by atoms with Crippen LogP contribution in [0.2, 0.25) is 0 Å². The minimum Gasteiger partial charge on any atom is -0.344 e. The molecule has 3 aromatic heterocycles. The lowest BCUT2D eigenvalue weighted by molar-refractivity contribution is -0.122. The van der Waals surface area contributed by atoms with E-state index in [4.69, 9.17) is 0 Å². The fraction of sp³-hybridized carbons (Fsp3) is 0.357.